The van der Waals surface area contributed by atoms with E-state index in [0.29, 0.717) is 31.2 Å². The van der Waals surface area contributed by atoms with Gasteiger partial charge >= 0.3 is 12.1 Å². The third kappa shape index (κ3) is 4.61. The van der Waals surface area contributed by atoms with Crippen molar-refractivity contribution in [2.75, 3.05) is 32.1 Å². The molecule has 3 amide bonds. The zero-order valence-corrected chi connectivity index (χ0v) is 12.5. The molecule has 1 heterocycles. The van der Waals surface area contributed by atoms with E-state index in [0.717, 1.165) is 12.8 Å². The number of nitrogens with zero attached hydrogens (tertiary/aromatic N) is 1. The second-order valence-electron chi connectivity index (χ2n) is 5.24. The number of ether oxygens (including phenoxy) is 1. The summed E-state index contributed by atoms with van der Waals surface area (Å²) in [5.41, 5.74) is 0.541. The van der Waals surface area contributed by atoms with Gasteiger partial charge in [0.1, 0.15) is 5.82 Å². The summed E-state index contributed by atoms with van der Waals surface area (Å²) in [6.45, 7) is 1.82. The summed E-state index contributed by atoms with van der Waals surface area (Å²) >= 11 is 0. The van der Waals surface area contributed by atoms with E-state index in [1.165, 1.54) is 31.4 Å². The van der Waals surface area contributed by atoms with E-state index < -0.39 is 0 Å². The SMILES string of the molecule is COC(=O)N1CCC(CNC(=O)Nc2ccc(F)cc2)CC1. The Balaban J connectivity index is 1.69. The molecule has 0 bridgehead atoms. The first-order valence-electron chi connectivity index (χ1n) is 7.22. The van der Waals surface area contributed by atoms with Crippen LogP contribution in [0.25, 0.3) is 0 Å². The number of hydrogen-bond acceptors (Lipinski definition) is 3. The number of amides is 3. The molecule has 0 spiro atoms. The number of benzene rings is 1. The Kier molecular flexibility index (Phi) is 5.57. The van der Waals surface area contributed by atoms with Gasteiger partial charge in [0.2, 0.25) is 0 Å². The molecule has 120 valence electrons. The summed E-state index contributed by atoms with van der Waals surface area (Å²) in [4.78, 5) is 24.8. The highest BCUT2D eigenvalue weighted by Crippen LogP contribution is 2.17. The first-order chi connectivity index (χ1) is 10.6. The molecule has 0 aliphatic carbocycles. The number of carbonyl (C=O) groups is 2. The maximum atomic E-state index is 12.8. The zero-order valence-electron chi connectivity index (χ0n) is 12.5. The zero-order chi connectivity index (χ0) is 15.9. The van der Waals surface area contributed by atoms with Crippen LogP contribution in [-0.2, 0) is 4.74 Å². The lowest BCUT2D eigenvalue weighted by Gasteiger charge is -2.30. The van der Waals surface area contributed by atoms with Crippen LogP contribution in [0.15, 0.2) is 24.3 Å². The minimum atomic E-state index is -0.344. The van der Waals surface area contributed by atoms with Gasteiger partial charge in [0.05, 0.1) is 7.11 Å². The monoisotopic (exact) mass is 309 g/mol. The minimum Gasteiger partial charge on any atom is -0.453 e. The van der Waals surface area contributed by atoms with Crippen LogP contribution in [0.2, 0.25) is 0 Å². The van der Waals surface area contributed by atoms with Gasteiger partial charge in [-0.05, 0) is 43.0 Å². The van der Waals surface area contributed by atoms with Crippen molar-refractivity contribution in [3.05, 3.63) is 30.1 Å². The van der Waals surface area contributed by atoms with Crippen molar-refractivity contribution < 1.29 is 18.7 Å². The summed E-state index contributed by atoms with van der Waals surface area (Å²) < 4.78 is 17.4. The van der Waals surface area contributed by atoms with Crippen molar-refractivity contribution in [3.8, 4) is 0 Å². The van der Waals surface area contributed by atoms with E-state index in [2.05, 4.69) is 15.4 Å². The Morgan fingerprint density at radius 1 is 1.27 bits per heavy atom. The van der Waals surface area contributed by atoms with Gasteiger partial charge in [0.25, 0.3) is 0 Å². The molecule has 1 aromatic rings. The fourth-order valence-electron chi connectivity index (χ4n) is 2.39. The molecule has 22 heavy (non-hydrogen) atoms. The van der Waals surface area contributed by atoms with Crippen molar-refractivity contribution in [1.29, 1.82) is 0 Å². The lowest BCUT2D eigenvalue weighted by molar-refractivity contribution is 0.106. The van der Waals surface area contributed by atoms with Crippen molar-refractivity contribution >= 4 is 17.8 Å². The Morgan fingerprint density at radius 2 is 1.91 bits per heavy atom. The lowest BCUT2D eigenvalue weighted by Crippen LogP contribution is -2.42. The molecule has 6 nitrogen and oxygen atoms in total. The Hall–Kier alpha value is -2.31. The standard InChI is InChI=1S/C15H20FN3O3/c1-22-15(21)19-8-6-11(7-9-19)10-17-14(20)18-13-4-2-12(16)3-5-13/h2-5,11H,6-10H2,1H3,(H2,17,18,20). The predicted octanol–water partition coefficient (Wildman–Crippen LogP) is 2.43. The Bertz CT molecular complexity index is 513. The molecule has 1 fully saturated rings. The van der Waals surface area contributed by atoms with E-state index in [-0.39, 0.29) is 17.9 Å². The largest absolute Gasteiger partial charge is 0.453 e. The quantitative estimate of drug-likeness (QED) is 0.901. The molecular weight excluding hydrogens is 289 g/mol. The fourth-order valence-corrected chi connectivity index (χ4v) is 2.39. The van der Waals surface area contributed by atoms with Crippen LogP contribution in [0.4, 0.5) is 19.7 Å². The number of piperidine rings is 1. The van der Waals surface area contributed by atoms with E-state index in [1.807, 2.05) is 0 Å². The number of likely N-dealkylation sites (tertiary alicyclic amines) is 1. The number of nitrogens with one attached hydrogen (secondary N) is 2. The number of methoxy groups -OCH3 is 1. The van der Waals surface area contributed by atoms with Gasteiger partial charge in [-0.3, -0.25) is 0 Å². The highest BCUT2D eigenvalue weighted by Gasteiger charge is 2.23. The predicted molar refractivity (Wildman–Crippen MR) is 80.1 cm³/mol. The van der Waals surface area contributed by atoms with Gasteiger partial charge in [-0.2, -0.15) is 0 Å². The maximum Gasteiger partial charge on any atom is 0.409 e. The van der Waals surface area contributed by atoms with Gasteiger partial charge in [-0.1, -0.05) is 0 Å². The molecule has 2 N–H and O–H groups in total. The van der Waals surface area contributed by atoms with Gasteiger partial charge in [0.15, 0.2) is 0 Å². The van der Waals surface area contributed by atoms with E-state index >= 15 is 0 Å². The smallest absolute Gasteiger partial charge is 0.409 e. The topological polar surface area (TPSA) is 70.7 Å². The van der Waals surface area contributed by atoms with Crippen LogP contribution in [0.3, 0.4) is 0 Å². The van der Waals surface area contributed by atoms with Crippen LogP contribution in [0.5, 0.6) is 0 Å². The maximum absolute atomic E-state index is 12.8. The third-order valence-electron chi connectivity index (χ3n) is 3.70. The molecule has 1 aliphatic rings. The van der Waals surface area contributed by atoms with Crippen molar-refractivity contribution in [1.82, 2.24) is 10.2 Å². The molecule has 2 rings (SSSR count). The summed E-state index contributed by atoms with van der Waals surface area (Å²) in [6, 6.07) is 5.27. The summed E-state index contributed by atoms with van der Waals surface area (Å²) in [7, 11) is 1.37. The van der Waals surface area contributed by atoms with Gasteiger partial charge < -0.3 is 20.3 Å². The van der Waals surface area contributed by atoms with Crippen molar-refractivity contribution in [2.24, 2.45) is 5.92 Å². The highest BCUT2D eigenvalue weighted by atomic mass is 19.1. The van der Waals surface area contributed by atoms with Crippen LogP contribution in [0.1, 0.15) is 12.8 Å². The molecule has 0 unspecified atom stereocenters. The Labute approximate surface area is 128 Å². The molecule has 0 atom stereocenters. The summed E-state index contributed by atoms with van der Waals surface area (Å²) in [5.74, 6) is -0.0109. The number of hydrogen-bond donors (Lipinski definition) is 2. The van der Waals surface area contributed by atoms with Crippen molar-refractivity contribution in [2.45, 2.75) is 12.8 Å². The number of rotatable bonds is 3. The van der Waals surface area contributed by atoms with Crippen molar-refractivity contribution in [3.63, 3.8) is 0 Å². The van der Waals surface area contributed by atoms with Crippen LogP contribution >= 0.6 is 0 Å². The van der Waals surface area contributed by atoms with E-state index in [1.54, 1.807) is 4.90 Å². The fraction of sp³-hybridized carbons (Fsp3) is 0.467. The second kappa shape index (κ2) is 7.63. The highest BCUT2D eigenvalue weighted by molar-refractivity contribution is 5.89. The molecule has 1 saturated heterocycles. The van der Waals surface area contributed by atoms with E-state index in [4.69, 9.17) is 0 Å². The summed E-state index contributed by atoms with van der Waals surface area (Å²) in [6.07, 6.45) is 1.35. The first kappa shape index (κ1) is 16.1. The molecule has 0 saturated carbocycles. The second-order valence-corrected chi connectivity index (χ2v) is 5.24. The molecule has 1 aromatic carbocycles. The molecule has 0 aromatic heterocycles. The molecule has 0 radical (unpaired) electrons. The molecule has 1 aliphatic heterocycles. The number of halogens is 1. The van der Waals surface area contributed by atoms with Crippen LogP contribution in [0, 0.1) is 11.7 Å². The number of urea groups is 1. The van der Waals surface area contributed by atoms with Crippen LogP contribution in [-0.4, -0.2) is 43.8 Å². The van der Waals surface area contributed by atoms with Gasteiger partial charge in [0, 0.05) is 25.3 Å². The van der Waals surface area contributed by atoms with Gasteiger partial charge in [-0.25, -0.2) is 14.0 Å². The molecule has 7 heteroatoms. The number of carbonyl (C=O) groups excluding carboxylic acids is 2. The first-order valence-corrected chi connectivity index (χ1v) is 7.22. The average Bonchev–Trinajstić information content (AvgIpc) is 2.55. The lowest BCUT2D eigenvalue weighted by atomic mass is 9.97. The number of anilines is 1. The van der Waals surface area contributed by atoms with Gasteiger partial charge in [-0.15, -0.1) is 0 Å². The minimum absolute atomic E-state index is 0.305. The van der Waals surface area contributed by atoms with E-state index in [9.17, 15) is 14.0 Å². The summed E-state index contributed by atoms with van der Waals surface area (Å²) in [5, 5.41) is 5.44. The normalized spacial score (nSPS) is 15.3. The molecular formula is C15H20FN3O3. The van der Waals surface area contributed by atoms with Crippen LogP contribution < -0.4 is 10.6 Å². The Morgan fingerprint density at radius 3 is 2.50 bits per heavy atom. The average molecular weight is 309 g/mol. The third-order valence-corrected chi connectivity index (χ3v) is 3.70.